The number of pyridine rings is 1. The number of fused-ring (bicyclic) bond motifs is 1. The van der Waals surface area contributed by atoms with Crippen LogP contribution in [-0.4, -0.2) is 52.7 Å². The summed E-state index contributed by atoms with van der Waals surface area (Å²) in [7, 11) is 4.22. The van der Waals surface area contributed by atoms with E-state index in [0.29, 0.717) is 0 Å². The van der Waals surface area contributed by atoms with Crippen LogP contribution in [0.15, 0.2) is 67.5 Å². The number of rotatable bonds is 5. The summed E-state index contributed by atoms with van der Waals surface area (Å²) < 4.78 is 2.11. The van der Waals surface area contributed by atoms with Gasteiger partial charge in [0.15, 0.2) is 0 Å². The van der Waals surface area contributed by atoms with Gasteiger partial charge in [0.2, 0.25) is 0 Å². The number of likely N-dealkylation sites (N-methyl/N-ethyl adjacent to an activating group) is 1. The van der Waals surface area contributed by atoms with Gasteiger partial charge >= 0.3 is 0 Å². The van der Waals surface area contributed by atoms with Crippen LogP contribution < -0.4 is 10.2 Å². The molecule has 3 heterocycles. The van der Waals surface area contributed by atoms with Crippen molar-refractivity contribution in [3.8, 4) is 11.3 Å². The molecular weight excluding hydrogens is 408 g/mol. The van der Waals surface area contributed by atoms with E-state index in [0.717, 1.165) is 71.1 Å². The number of nitrogens with one attached hydrogen (secondary N) is 1. The Hall–Kier alpha value is -3.64. The fraction of sp³-hybridized carbons (Fsp3) is 0.259. The van der Waals surface area contributed by atoms with Gasteiger partial charge in [-0.15, -0.1) is 0 Å². The molecule has 2 aromatic heterocycles. The highest BCUT2D eigenvalue weighted by atomic mass is 15.2. The van der Waals surface area contributed by atoms with Crippen LogP contribution in [0.3, 0.4) is 0 Å². The maximum Gasteiger partial charge on any atom is 0.130 e. The summed E-state index contributed by atoms with van der Waals surface area (Å²) in [6.45, 7) is 10.6. The third kappa shape index (κ3) is 4.34. The fourth-order valence-corrected chi connectivity index (χ4v) is 4.32. The zero-order chi connectivity index (χ0) is 22.9. The molecule has 0 bridgehead atoms. The molecule has 0 aliphatic carbocycles. The van der Waals surface area contributed by atoms with Gasteiger partial charge in [0.1, 0.15) is 11.6 Å². The number of benzene rings is 2. The molecule has 0 saturated carbocycles. The monoisotopic (exact) mass is 438 g/mol. The van der Waals surface area contributed by atoms with Crippen LogP contribution in [0.1, 0.15) is 11.4 Å². The molecule has 1 aliphatic heterocycles. The first-order valence-electron chi connectivity index (χ1n) is 11.4. The standard InChI is InChI=1S/C27H30N6/c1-19(21-6-5-7-25(15-21)33-12-10-31(3)11-13-33)30-27-16-24-14-22(8-9-23(24)17-29-27)26-18-28-20(2)32(26)4/h5-9,14-18H,1,10-13H2,2-4H3,(H,29,30). The van der Waals surface area contributed by atoms with Crippen molar-refractivity contribution in [3.63, 3.8) is 0 Å². The average Bonchev–Trinajstić information content (AvgIpc) is 3.17. The van der Waals surface area contributed by atoms with Gasteiger partial charge in [-0.1, -0.05) is 30.8 Å². The highest BCUT2D eigenvalue weighted by molar-refractivity contribution is 5.89. The van der Waals surface area contributed by atoms with E-state index in [2.05, 4.69) is 91.8 Å². The number of imidazole rings is 1. The van der Waals surface area contributed by atoms with Crippen molar-refractivity contribution in [2.45, 2.75) is 6.92 Å². The molecule has 0 atom stereocenters. The van der Waals surface area contributed by atoms with Gasteiger partial charge in [0.25, 0.3) is 0 Å². The molecular formula is C27H30N6. The third-order valence-electron chi connectivity index (χ3n) is 6.58. The van der Waals surface area contributed by atoms with E-state index >= 15 is 0 Å². The van der Waals surface area contributed by atoms with Crippen molar-refractivity contribution in [2.24, 2.45) is 7.05 Å². The van der Waals surface area contributed by atoms with Crippen LogP contribution in [-0.2, 0) is 7.05 Å². The molecule has 6 heteroatoms. The highest BCUT2D eigenvalue weighted by Crippen LogP contribution is 2.27. The SMILES string of the molecule is C=C(Nc1cc2cc(-c3cnc(C)n3C)ccc2cn1)c1cccc(N2CCN(C)CC2)c1. The van der Waals surface area contributed by atoms with Gasteiger partial charge in [-0.3, -0.25) is 0 Å². The molecule has 0 amide bonds. The second-order valence-electron chi connectivity index (χ2n) is 8.83. The lowest BCUT2D eigenvalue weighted by atomic mass is 10.1. The second kappa shape index (κ2) is 8.71. The van der Waals surface area contributed by atoms with Crippen LogP contribution in [0.5, 0.6) is 0 Å². The van der Waals surface area contributed by atoms with Crippen LogP contribution >= 0.6 is 0 Å². The lowest BCUT2D eigenvalue weighted by molar-refractivity contribution is 0.313. The van der Waals surface area contributed by atoms with Crippen molar-refractivity contribution in [3.05, 3.63) is 78.9 Å². The molecule has 0 unspecified atom stereocenters. The number of piperazine rings is 1. The average molecular weight is 439 g/mol. The highest BCUT2D eigenvalue weighted by Gasteiger charge is 2.15. The molecule has 2 aromatic carbocycles. The van der Waals surface area contributed by atoms with Crippen molar-refractivity contribution in [1.82, 2.24) is 19.4 Å². The molecule has 6 nitrogen and oxygen atoms in total. The molecule has 4 aromatic rings. The summed E-state index contributed by atoms with van der Waals surface area (Å²) in [5.74, 6) is 1.79. The predicted octanol–water partition coefficient (Wildman–Crippen LogP) is 4.78. The zero-order valence-electron chi connectivity index (χ0n) is 19.5. The Morgan fingerprint density at radius 1 is 0.909 bits per heavy atom. The molecule has 1 saturated heterocycles. The van der Waals surface area contributed by atoms with Gasteiger partial charge in [-0.05, 0) is 49.2 Å². The van der Waals surface area contributed by atoms with Gasteiger partial charge in [0, 0.05) is 61.8 Å². The van der Waals surface area contributed by atoms with Crippen molar-refractivity contribution < 1.29 is 0 Å². The quantitative estimate of drug-likeness (QED) is 0.486. The zero-order valence-corrected chi connectivity index (χ0v) is 19.5. The van der Waals surface area contributed by atoms with Crippen molar-refractivity contribution in [1.29, 1.82) is 0 Å². The van der Waals surface area contributed by atoms with Gasteiger partial charge in [-0.25, -0.2) is 9.97 Å². The maximum absolute atomic E-state index is 4.61. The molecule has 1 N–H and O–H groups in total. The molecule has 0 radical (unpaired) electrons. The molecule has 5 rings (SSSR count). The normalized spacial score (nSPS) is 14.6. The van der Waals surface area contributed by atoms with Crippen LogP contribution in [0.4, 0.5) is 11.5 Å². The summed E-state index contributed by atoms with van der Waals surface area (Å²) in [4.78, 5) is 13.8. The second-order valence-corrected chi connectivity index (χ2v) is 8.83. The molecule has 168 valence electrons. The summed E-state index contributed by atoms with van der Waals surface area (Å²) in [5, 5.41) is 5.64. The first-order chi connectivity index (χ1) is 16.0. The first kappa shape index (κ1) is 21.2. The lowest BCUT2D eigenvalue weighted by Gasteiger charge is -2.34. The van der Waals surface area contributed by atoms with E-state index in [-0.39, 0.29) is 0 Å². The Bertz CT molecular complexity index is 1310. The van der Waals surface area contributed by atoms with Crippen molar-refractivity contribution >= 4 is 28.0 Å². The van der Waals surface area contributed by atoms with Gasteiger partial charge in [-0.2, -0.15) is 0 Å². The fourth-order valence-electron chi connectivity index (χ4n) is 4.32. The number of hydrogen-bond acceptors (Lipinski definition) is 5. The minimum atomic E-state index is 0.788. The maximum atomic E-state index is 4.61. The van der Waals surface area contributed by atoms with E-state index in [1.54, 1.807) is 0 Å². The Labute approximate surface area is 195 Å². The van der Waals surface area contributed by atoms with Gasteiger partial charge in [0.05, 0.1) is 11.9 Å². The topological polar surface area (TPSA) is 49.2 Å². The van der Waals surface area contributed by atoms with Crippen LogP contribution in [0, 0.1) is 6.92 Å². The minimum Gasteiger partial charge on any atom is -0.369 e. The summed E-state index contributed by atoms with van der Waals surface area (Å²) >= 11 is 0. The third-order valence-corrected chi connectivity index (χ3v) is 6.58. The minimum absolute atomic E-state index is 0.788. The molecule has 0 spiro atoms. The molecule has 1 fully saturated rings. The number of hydrogen-bond donors (Lipinski definition) is 1. The van der Waals surface area contributed by atoms with Crippen LogP contribution in [0.25, 0.3) is 27.7 Å². The largest absolute Gasteiger partial charge is 0.369 e. The van der Waals surface area contributed by atoms with Crippen LogP contribution in [0.2, 0.25) is 0 Å². The number of nitrogens with zero attached hydrogens (tertiary/aromatic N) is 5. The number of anilines is 2. The Morgan fingerprint density at radius 3 is 2.48 bits per heavy atom. The Balaban J connectivity index is 1.37. The Kier molecular flexibility index (Phi) is 5.60. The van der Waals surface area contributed by atoms with Gasteiger partial charge < -0.3 is 19.7 Å². The molecule has 1 aliphatic rings. The first-order valence-corrected chi connectivity index (χ1v) is 11.4. The van der Waals surface area contributed by atoms with E-state index in [4.69, 9.17) is 0 Å². The van der Waals surface area contributed by atoms with E-state index in [1.165, 1.54) is 5.69 Å². The lowest BCUT2D eigenvalue weighted by Crippen LogP contribution is -2.44. The summed E-state index contributed by atoms with van der Waals surface area (Å²) in [6, 6.07) is 17.1. The van der Waals surface area contributed by atoms with Crippen molar-refractivity contribution in [2.75, 3.05) is 43.4 Å². The predicted molar refractivity (Wildman–Crippen MR) is 137 cm³/mol. The van der Waals surface area contributed by atoms with E-state index in [9.17, 15) is 0 Å². The number of aromatic nitrogens is 3. The summed E-state index contributed by atoms with van der Waals surface area (Å²) in [6.07, 6.45) is 3.83. The Morgan fingerprint density at radius 2 is 1.73 bits per heavy atom. The number of aryl methyl sites for hydroxylation is 1. The smallest absolute Gasteiger partial charge is 0.130 e. The summed E-state index contributed by atoms with van der Waals surface area (Å²) in [5.41, 5.74) is 5.40. The molecule has 33 heavy (non-hydrogen) atoms. The van der Waals surface area contributed by atoms with E-state index in [1.807, 2.05) is 26.4 Å². The van der Waals surface area contributed by atoms with E-state index < -0.39 is 0 Å².